The van der Waals surface area contributed by atoms with Crippen LogP contribution in [0.5, 0.6) is 0 Å². The number of benzene rings is 3. The molecule has 27 heavy (non-hydrogen) atoms. The van der Waals surface area contributed by atoms with Crippen LogP contribution >= 0.6 is 0 Å². The number of fused-ring (bicyclic) bond motifs is 3. The lowest BCUT2D eigenvalue weighted by Gasteiger charge is -2.19. The number of sulfone groups is 1. The molecule has 2 aliphatic rings. The van der Waals surface area contributed by atoms with E-state index in [1.165, 1.54) is 0 Å². The van der Waals surface area contributed by atoms with Crippen LogP contribution in [0.3, 0.4) is 0 Å². The SMILES string of the molecule is CN1CN(c2ccccc2)C=C1c1ccc2c(c1)S(=O)(=O)c1ccccc1-2. The van der Waals surface area contributed by atoms with Gasteiger partial charge in [0.1, 0.15) is 0 Å². The zero-order valence-electron chi connectivity index (χ0n) is 14.8. The lowest BCUT2D eigenvalue weighted by molar-refractivity contribution is 0.516. The number of nitrogens with zero attached hydrogens (tertiary/aromatic N) is 2. The molecule has 3 aromatic rings. The predicted molar refractivity (Wildman–Crippen MR) is 107 cm³/mol. The first-order valence-electron chi connectivity index (χ1n) is 8.79. The number of anilines is 1. The molecule has 0 N–H and O–H groups in total. The van der Waals surface area contributed by atoms with Gasteiger partial charge in [-0.25, -0.2) is 8.42 Å². The van der Waals surface area contributed by atoms with Crippen molar-refractivity contribution in [1.29, 1.82) is 0 Å². The fourth-order valence-electron chi connectivity index (χ4n) is 3.83. The maximum Gasteiger partial charge on any atom is 0.207 e. The smallest absolute Gasteiger partial charge is 0.207 e. The van der Waals surface area contributed by atoms with Gasteiger partial charge in [-0.2, -0.15) is 0 Å². The quantitative estimate of drug-likeness (QED) is 0.527. The topological polar surface area (TPSA) is 40.6 Å². The molecule has 0 fully saturated rings. The molecule has 0 unspecified atom stereocenters. The van der Waals surface area contributed by atoms with E-state index in [9.17, 15) is 8.42 Å². The molecule has 0 saturated heterocycles. The van der Waals surface area contributed by atoms with E-state index in [2.05, 4.69) is 28.1 Å². The summed E-state index contributed by atoms with van der Waals surface area (Å²) in [5, 5.41) is 0. The van der Waals surface area contributed by atoms with E-state index in [1.807, 2.05) is 55.6 Å². The number of hydrogen-bond donors (Lipinski definition) is 0. The minimum atomic E-state index is -3.46. The Kier molecular flexibility index (Phi) is 3.42. The van der Waals surface area contributed by atoms with Gasteiger partial charge in [0.15, 0.2) is 0 Å². The third-order valence-electron chi connectivity index (χ3n) is 5.18. The molecule has 0 saturated carbocycles. The van der Waals surface area contributed by atoms with Crippen LogP contribution in [0.4, 0.5) is 5.69 Å². The average molecular weight is 374 g/mol. The fraction of sp³-hybridized carbons (Fsp3) is 0.0909. The Balaban J connectivity index is 1.60. The van der Waals surface area contributed by atoms with E-state index in [1.54, 1.807) is 12.1 Å². The molecule has 0 aromatic heterocycles. The van der Waals surface area contributed by atoms with E-state index in [0.717, 1.165) is 34.7 Å². The molecule has 0 atom stereocenters. The fourth-order valence-corrected chi connectivity index (χ4v) is 5.54. The second-order valence-electron chi connectivity index (χ2n) is 6.87. The van der Waals surface area contributed by atoms with E-state index >= 15 is 0 Å². The van der Waals surface area contributed by atoms with Gasteiger partial charge in [0.05, 0.1) is 22.2 Å². The summed E-state index contributed by atoms with van der Waals surface area (Å²) in [4.78, 5) is 5.08. The number of para-hydroxylation sites is 1. The highest BCUT2D eigenvalue weighted by Gasteiger charge is 2.33. The third kappa shape index (κ3) is 2.39. The number of hydrogen-bond acceptors (Lipinski definition) is 4. The molecule has 5 rings (SSSR count). The van der Waals surface area contributed by atoms with E-state index in [0.29, 0.717) is 9.79 Å². The van der Waals surface area contributed by atoms with Gasteiger partial charge in [-0.1, -0.05) is 48.5 Å². The molecule has 134 valence electrons. The maximum atomic E-state index is 13.0. The van der Waals surface area contributed by atoms with Crippen LogP contribution < -0.4 is 4.90 Å². The summed E-state index contributed by atoms with van der Waals surface area (Å²) in [5.41, 5.74) is 4.61. The predicted octanol–water partition coefficient (Wildman–Crippen LogP) is 4.21. The summed E-state index contributed by atoms with van der Waals surface area (Å²) in [6.45, 7) is 0.726. The monoisotopic (exact) mass is 374 g/mol. The van der Waals surface area contributed by atoms with Gasteiger partial charge in [0.2, 0.25) is 9.84 Å². The normalized spacial score (nSPS) is 16.9. The van der Waals surface area contributed by atoms with Crippen molar-refractivity contribution in [3.8, 4) is 11.1 Å². The highest BCUT2D eigenvalue weighted by atomic mass is 32.2. The van der Waals surface area contributed by atoms with Crippen molar-refractivity contribution in [2.75, 3.05) is 18.6 Å². The lowest BCUT2D eigenvalue weighted by atomic mass is 10.0. The maximum absolute atomic E-state index is 13.0. The van der Waals surface area contributed by atoms with Crippen molar-refractivity contribution in [3.63, 3.8) is 0 Å². The molecule has 2 heterocycles. The molecule has 3 aromatic carbocycles. The zero-order valence-corrected chi connectivity index (χ0v) is 15.6. The minimum Gasteiger partial charge on any atom is -0.355 e. The molecule has 4 nitrogen and oxygen atoms in total. The Morgan fingerprint density at radius 3 is 2.33 bits per heavy atom. The summed E-state index contributed by atoms with van der Waals surface area (Å²) in [6, 6.07) is 23.1. The molecule has 5 heteroatoms. The minimum absolute atomic E-state index is 0.397. The van der Waals surface area contributed by atoms with Gasteiger partial charge in [-0.15, -0.1) is 0 Å². The average Bonchev–Trinajstić information content (AvgIpc) is 3.19. The largest absolute Gasteiger partial charge is 0.355 e. The van der Waals surface area contributed by atoms with Crippen molar-refractivity contribution in [3.05, 3.63) is 84.6 Å². The van der Waals surface area contributed by atoms with Crippen molar-refractivity contribution in [2.45, 2.75) is 9.79 Å². The molecule has 2 aliphatic heterocycles. The van der Waals surface area contributed by atoms with Crippen LogP contribution in [-0.2, 0) is 9.84 Å². The van der Waals surface area contributed by atoms with E-state index < -0.39 is 9.84 Å². The van der Waals surface area contributed by atoms with Crippen LogP contribution in [0, 0.1) is 0 Å². The van der Waals surface area contributed by atoms with Gasteiger partial charge in [-0.3, -0.25) is 0 Å². The van der Waals surface area contributed by atoms with Crippen LogP contribution in [0.15, 0.2) is 88.8 Å². The molecular formula is C22H18N2O2S. The highest BCUT2D eigenvalue weighted by molar-refractivity contribution is 7.92. The van der Waals surface area contributed by atoms with Crippen LogP contribution in [0.2, 0.25) is 0 Å². The number of rotatable bonds is 2. The summed E-state index contributed by atoms with van der Waals surface area (Å²) < 4.78 is 25.9. The molecule has 0 radical (unpaired) electrons. The Morgan fingerprint density at radius 1 is 0.815 bits per heavy atom. The first kappa shape index (κ1) is 16.1. The van der Waals surface area contributed by atoms with Crippen LogP contribution in [-0.4, -0.2) is 27.0 Å². The molecular weight excluding hydrogens is 356 g/mol. The zero-order chi connectivity index (χ0) is 18.6. The van der Waals surface area contributed by atoms with Gasteiger partial charge < -0.3 is 9.80 Å². The molecule has 0 aliphatic carbocycles. The molecule has 0 amide bonds. The van der Waals surface area contributed by atoms with E-state index in [-0.39, 0.29) is 0 Å². The molecule has 0 bridgehead atoms. The van der Waals surface area contributed by atoms with Crippen LogP contribution in [0.1, 0.15) is 5.56 Å². The van der Waals surface area contributed by atoms with Gasteiger partial charge in [0, 0.05) is 35.6 Å². The summed E-state index contributed by atoms with van der Waals surface area (Å²) >= 11 is 0. The Morgan fingerprint density at radius 2 is 1.52 bits per heavy atom. The second kappa shape index (κ2) is 5.72. The Labute approximate surface area is 158 Å². The summed E-state index contributed by atoms with van der Waals surface area (Å²) in [7, 11) is -1.44. The van der Waals surface area contributed by atoms with Gasteiger partial charge in [-0.05, 0) is 24.3 Å². The van der Waals surface area contributed by atoms with E-state index in [4.69, 9.17) is 0 Å². The summed E-state index contributed by atoms with van der Waals surface area (Å²) in [6.07, 6.45) is 2.08. The van der Waals surface area contributed by atoms with Crippen molar-refractivity contribution in [1.82, 2.24) is 4.90 Å². The Bertz CT molecular complexity index is 1180. The summed E-state index contributed by atoms with van der Waals surface area (Å²) in [5.74, 6) is 0. The first-order chi connectivity index (χ1) is 13.1. The van der Waals surface area contributed by atoms with Crippen molar-refractivity contribution >= 4 is 21.2 Å². The first-order valence-corrected chi connectivity index (χ1v) is 10.3. The van der Waals surface area contributed by atoms with Gasteiger partial charge in [0.25, 0.3) is 0 Å². The van der Waals surface area contributed by atoms with Crippen molar-refractivity contribution in [2.24, 2.45) is 0 Å². The third-order valence-corrected chi connectivity index (χ3v) is 7.03. The van der Waals surface area contributed by atoms with Crippen LogP contribution in [0.25, 0.3) is 16.8 Å². The lowest BCUT2D eigenvalue weighted by Crippen LogP contribution is -2.22. The highest BCUT2D eigenvalue weighted by Crippen LogP contribution is 2.44. The standard InChI is InChI=1S/C22H18N2O2S/c1-23-15-24(17-7-3-2-4-8-17)14-20(23)16-11-12-19-18-9-5-6-10-21(18)27(25,26)22(19)13-16/h2-14H,15H2,1H3. The second-order valence-corrected chi connectivity index (χ2v) is 8.76. The van der Waals surface area contributed by atoms with Gasteiger partial charge >= 0.3 is 0 Å². The Hall–Kier alpha value is -3.05. The molecule has 0 spiro atoms. The van der Waals surface area contributed by atoms with Crippen molar-refractivity contribution < 1.29 is 8.42 Å².